The van der Waals surface area contributed by atoms with E-state index in [1.807, 2.05) is 6.92 Å². The standard InChI is InChI=1S/C10H23N2OPS2/c1-5-7-11-9-12-14(15,13-6-2)16-8-10(3)4/h9-10H,5-8H2,1-4H3,(H,11,12,15). The first kappa shape index (κ1) is 16.4. The van der Waals surface area contributed by atoms with Crippen LogP contribution in [0.1, 0.15) is 34.1 Å². The highest BCUT2D eigenvalue weighted by Crippen LogP contribution is 2.56. The van der Waals surface area contributed by atoms with Gasteiger partial charge in [-0.05, 0) is 31.1 Å². The number of aliphatic imine (C=N–C) groups is 1. The second-order valence-electron chi connectivity index (χ2n) is 3.77. The summed E-state index contributed by atoms with van der Waals surface area (Å²) in [4.78, 5) is 4.22. The Hall–Kier alpha value is 0.430. The Labute approximate surface area is 109 Å². The summed E-state index contributed by atoms with van der Waals surface area (Å²) in [6.07, 6.45) is 2.77. The zero-order valence-corrected chi connectivity index (χ0v) is 13.1. The monoisotopic (exact) mass is 282 g/mol. The highest BCUT2D eigenvalue weighted by atomic mass is 32.9. The van der Waals surface area contributed by atoms with Gasteiger partial charge in [-0.3, -0.25) is 4.99 Å². The zero-order valence-electron chi connectivity index (χ0n) is 10.6. The van der Waals surface area contributed by atoms with Gasteiger partial charge >= 0.3 is 0 Å². The van der Waals surface area contributed by atoms with Crippen LogP contribution in [0.5, 0.6) is 0 Å². The van der Waals surface area contributed by atoms with Gasteiger partial charge in [0.25, 0.3) is 0 Å². The Kier molecular flexibility index (Phi) is 9.71. The molecule has 0 rings (SSSR count). The summed E-state index contributed by atoms with van der Waals surface area (Å²) in [5.41, 5.74) is -1.96. The summed E-state index contributed by atoms with van der Waals surface area (Å²) < 4.78 is 5.65. The maximum absolute atomic E-state index is 5.65. The van der Waals surface area contributed by atoms with E-state index in [9.17, 15) is 0 Å². The normalized spacial score (nSPS) is 15.6. The smallest absolute Gasteiger partial charge is 0.211 e. The first-order valence-corrected chi connectivity index (χ1v) is 10.00. The third kappa shape index (κ3) is 8.57. The summed E-state index contributed by atoms with van der Waals surface area (Å²) in [6, 6.07) is 0. The molecule has 0 aromatic rings. The summed E-state index contributed by atoms with van der Waals surface area (Å²) >= 11 is 7.23. The zero-order chi connectivity index (χ0) is 12.4. The number of hydrogen-bond donors (Lipinski definition) is 1. The Morgan fingerprint density at radius 2 is 2.19 bits per heavy atom. The molecule has 3 nitrogen and oxygen atoms in total. The SMILES string of the molecule is CCC/N=C/NP(=S)(OCC)SCC(C)C. The minimum atomic E-state index is -1.96. The molecular weight excluding hydrogens is 259 g/mol. The molecule has 16 heavy (non-hydrogen) atoms. The molecule has 0 fully saturated rings. The van der Waals surface area contributed by atoms with E-state index in [1.54, 1.807) is 17.7 Å². The van der Waals surface area contributed by atoms with Crippen molar-refractivity contribution in [2.75, 3.05) is 18.9 Å². The van der Waals surface area contributed by atoms with Gasteiger partial charge in [0.1, 0.15) is 0 Å². The highest BCUT2D eigenvalue weighted by molar-refractivity contribution is 8.68. The van der Waals surface area contributed by atoms with Crippen LogP contribution in [0.3, 0.4) is 0 Å². The van der Waals surface area contributed by atoms with Crippen LogP contribution in [0, 0.1) is 5.92 Å². The maximum Gasteiger partial charge on any atom is 0.211 e. The number of nitrogens with one attached hydrogen (secondary N) is 1. The summed E-state index contributed by atoms with van der Waals surface area (Å²) in [6.45, 7) is 9.93. The van der Waals surface area contributed by atoms with Crippen LogP contribution in [0.2, 0.25) is 0 Å². The maximum atomic E-state index is 5.65. The van der Waals surface area contributed by atoms with E-state index in [0.29, 0.717) is 12.5 Å². The molecule has 0 aromatic carbocycles. The van der Waals surface area contributed by atoms with Gasteiger partial charge in [0.15, 0.2) is 0 Å². The highest BCUT2D eigenvalue weighted by Gasteiger charge is 2.16. The first-order chi connectivity index (χ1) is 7.54. The third-order valence-electron chi connectivity index (χ3n) is 1.54. The number of hydrogen-bond acceptors (Lipinski definition) is 4. The van der Waals surface area contributed by atoms with Crippen molar-refractivity contribution in [3.63, 3.8) is 0 Å². The van der Waals surface area contributed by atoms with Crippen molar-refractivity contribution in [3.8, 4) is 0 Å². The molecule has 0 bridgehead atoms. The molecule has 6 heteroatoms. The summed E-state index contributed by atoms with van der Waals surface area (Å²) in [5, 5.41) is 3.16. The van der Waals surface area contributed by atoms with E-state index < -0.39 is 5.62 Å². The summed E-state index contributed by atoms with van der Waals surface area (Å²) in [7, 11) is 0. The lowest BCUT2D eigenvalue weighted by molar-refractivity contribution is 0.383. The molecule has 0 aliphatic rings. The van der Waals surface area contributed by atoms with Gasteiger partial charge in [-0.25, -0.2) is 0 Å². The minimum Gasteiger partial charge on any atom is -0.327 e. The predicted octanol–water partition coefficient (Wildman–Crippen LogP) is 3.66. The van der Waals surface area contributed by atoms with Crippen LogP contribution in [-0.2, 0) is 16.3 Å². The fourth-order valence-electron chi connectivity index (χ4n) is 0.834. The average Bonchev–Trinajstić information content (AvgIpc) is 2.22. The van der Waals surface area contributed by atoms with E-state index in [1.165, 1.54) is 0 Å². The van der Waals surface area contributed by atoms with Crippen LogP contribution in [0.25, 0.3) is 0 Å². The average molecular weight is 282 g/mol. The quantitative estimate of drug-likeness (QED) is 0.397. The van der Waals surface area contributed by atoms with E-state index in [4.69, 9.17) is 16.3 Å². The van der Waals surface area contributed by atoms with E-state index in [-0.39, 0.29) is 0 Å². The third-order valence-corrected chi connectivity index (χ3v) is 7.40. The fraction of sp³-hybridized carbons (Fsp3) is 0.900. The van der Waals surface area contributed by atoms with Crippen molar-refractivity contribution in [1.29, 1.82) is 0 Å². The van der Waals surface area contributed by atoms with Crippen molar-refractivity contribution in [2.24, 2.45) is 10.9 Å². The van der Waals surface area contributed by atoms with Gasteiger partial charge in [-0.2, -0.15) is 0 Å². The van der Waals surface area contributed by atoms with Gasteiger partial charge < -0.3 is 9.61 Å². The van der Waals surface area contributed by atoms with Crippen molar-refractivity contribution < 1.29 is 4.52 Å². The van der Waals surface area contributed by atoms with Gasteiger partial charge in [-0.1, -0.05) is 32.2 Å². The molecule has 0 saturated heterocycles. The first-order valence-electron chi connectivity index (χ1n) is 5.69. The van der Waals surface area contributed by atoms with Crippen molar-refractivity contribution in [1.82, 2.24) is 5.09 Å². The van der Waals surface area contributed by atoms with Gasteiger partial charge in [0, 0.05) is 12.3 Å². The molecule has 0 amide bonds. The van der Waals surface area contributed by atoms with Crippen LogP contribution < -0.4 is 5.09 Å². The van der Waals surface area contributed by atoms with Crippen LogP contribution in [0.4, 0.5) is 0 Å². The Bertz CT molecular complexity index is 247. The Balaban J connectivity index is 4.16. The Morgan fingerprint density at radius 3 is 2.69 bits per heavy atom. The molecule has 0 aromatic heterocycles. The molecule has 0 spiro atoms. The molecule has 1 atom stereocenters. The fourth-order valence-corrected chi connectivity index (χ4v) is 5.51. The lowest BCUT2D eigenvalue weighted by atomic mass is 10.3. The minimum absolute atomic E-state index is 0.627. The van der Waals surface area contributed by atoms with Crippen molar-refractivity contribution in [3.05, 3.63) is 0 Å². The topological polar surface area (TPSA) is 33.6 Å². The van der Waals surface area contributed by atoms with E-state index >= 15 is 0 Å². The molecular formula is C10H23N2OPS2. The van der Waals surface area contributed by atoms with E-state index in [2.05, 4.69) is 30.9 Å². The number of rotatable bonds is 9. The molecule has 0 aliphatic heterocycles. The molecule has 96 valence electrons. The van der Waals surface area contributed by atoms with Crippen molar-refractivity contribution in [2.45, 2.75) is 34.1 Å². The second kappa shape index (κ2) is 9.46. The van der Waals surface area contributed by atoms with Crippen LogP contribution >= 0.6 is 17.0 Å². The van der Waals surface area contributed by atoms with Gasteiger partial charge in [0.2, 0.25) is 5.62 Å². The van der Waals surface area contributed by atoms with E-state index in [0.717, 1.165) is 18.7 Å². The molecule has 1 unspecified atom stereocenters. The number of nitrogens with zero attached hydrogens (tertiary/aromatic N) is 1. The largest absolute Gasteiger partial charge is 0.327 e. The van der Waals surface area contributed by atoms with Crippen LogP contribution in [-0.4, -0.2) is 25.2 Å². The molecule has 0 aliphatic carbocycles. The molecule has 1 N–H and O–H groups in total. The van der Waals surface area contributed by atoms with Crippen molar-refractivity contribution >= 4 is 35.1 Å². The molecule has 0 radical (unpaired) electrons. The van der Waals surface area contributed by atoms with Gasteiger partial charge in [-0.15, -0.1) is 0 Å². The second-order valence-corrected chi connectivity index (χ2v) is 10.4. The lowest BCUT2D eigenvalue weighted by Gasteiger charge is -2.21. The Morgan fingerprint density at radius 1 is 1.50 bits per heavy atom. The summed E-state index contributed by atoms with van der Waals surface area (Å²) in [5.74, 6) is 1.65. The molecule has 0 saturated carbocycles. The van der Waals surface area contributed by atoms with Gasteiger partial charge in [0.05, 0.1) is 12.9 Å². The van der Waals surface area contributed by atoms with Crippen LogP contribution in [0.15, 0.2) is 4.99 Å². The predicted molar refractivity (Wildman–Crippen MR) is 80.0 cm³/mol. The molecule has 0 heterocycles. The lowest BCUT2D eigenvalue weighted by Crippen LogP contribution is -2.09.